The lowest BCUT2D eigenvalue weighted by Gasteiger charge is -2.02. The highest BCUT2D eigenvalue weighted by Crippen LogP contribution is 2.15. The molecule has 1 heterocycles. The topological polar surface area (TPSA) is 51.8 Å². The van der Waals surface area contributed by atoms with E-state index in [0.717, 1.165) is 17.8 Å². The van der Waals surface area contributed by atoms with Gasteiger partial charge in [-0.05, 0) is 30.4 Å². The number of benzene rings is 1. The molecule has 0 bridgehead atoms. The lowest BCUT2D eigenvalue weighted by atomic mass is 10.0. The number of nitrogens with zero attached hydrogens (tertiary/aromatic N) is 2. The summed E-state index contributed by atoms with van der Waals surface area (Å²) in [5.41, 5.74) is 8.34. The lowest BCUT2D eigenvalue weighted by molar-refractivity contribution is 0.794. The zero-order valence-corrected chi connectivity index (χ0v) is 11.5. The maximum Gasteiger partial charge on any atom is 0.203 e. The Kier molecular flexibility index (Phi) is 4.70. The second-order valence-corrected chi connectivity index (χ2v) is 5.55. The first kappa shape index (κ1) is 13.0. The molecule has 2 rings (SSSR count). The molecular weight excluding hydrogens is 242 g/mol. The monoisotopic (exact) mass is 261 g/mol. The molecule has 0 saturated heterocycles. The van der Waals surface area contributed by atoms with Crippen molar-refractivity contribution in [2.45, 2.75) is 39.0 Å². The van der Waals surface area contributed by atoms with Crippen LogP contribution in [0.4, 0.5) is 5.13 Å². The lowest BCUT2D eigenvalue weighted by Crippen LogP contribution is -1.92. The van der Waals surface area contributed by atoms with Crippen LogP contribution in [0.1, 0.15) is 35.9 Å². The fraction of sp³-hybridized carbons (Fsp3) is 0.429. The molecule has 2 aromatic rings. The third kappa shape index (κ3) is 3.81. The fourth-order valence-corrected chi connectivity index (χ4v) is 2.48. The number of rotatable bonds is 6. The summed E-state index contributed by atoms with van der Waals surface area (Å²) in [5.74, 6) is 0. The standard InChI is InChI=1S/C14H19N3S/c1-2-3-4-11-5-7-12(8-6-11)9-10-13-16-17-14(15)18-13/h5-8H,2-4,9-10H2,1H3,(H2,15,17). The first-order valence-electron chi connectivity index (χ1n) is 6.43. The van der Waals surface area contributed by atoms with Gasteiger partial charge in [-0.1, -0.05) is 48.9 Å². The van der Waals surface area contributed by atoms with E-state index in [1.807, 2.05) is 0 Å². The van der Waals surface area contributed by atoms with Crippen molar-refractivity contribution in [1.82, 2.24) is 10.2 Å². The Bertz CT molecular complexity index is 476. The Balaban J connectivity index is 1.86. The highest BCUT2D eigenvalue weighted by Gasteiger charge is 2.02. The molecule has 3 nitrogen and oxygen atoms in total. The van der Waals surface area contributed by atoms with Crippen molar-refractivity contribution in [3.8, 4) is 0 Å². The third-order valence-corrected chi connectivity index (χ3v) is 3.76. The van der Waals surface area contributed by atoms with E-state index >= 15 is 0 Å². The SMILES string of the molecule is CCCCc1ccc(CCc2nnc(N)s2)cc1. The van der Waals surface area contributed by atoms with Gasteiger partial charge in [0.1, 0.15) is 5.01 Å². The number of anilines is 1. The Morgan fingerprint density at radius 2 is 1.67 bits per heavy atom. The van der Waals surface area contributed by atoms with Crippen LogP contribution in [-0.4, -0.2) is 10.2 Å². The van der Waals surface area contributed by atoms with E-state index in [9.17, 15) is 0 Å². The number of aromatic nitrogens is 2. The smallest absolute Gasteiger partial charge is 0.203 e. The van der Waals surface area contributed by atoms with Gasteiger partial charge in [-0.3, -0.25) is 0 Å². The summed E-state index contributed by atoms with van der Waals surface area (Å²) in [4.78, 5) is 0. The van der Waals surface area contributed by atoms with Crippen molar-refractivity contribution in [2.24, 2.45) is 0 Å². The number of nitrogen functional groups attached to an aromatic ring is 1. The van der Waals surface area contributed by atoms with Crippen LogP contribution >= 0.6 is 11.3 Å². The van der Waals surface area contributed by atoms with Crippen LogP contribution < -0.4 is 5.73 Å². The van der Waals surface area contributed by atoms with Gasteiger partial charge >= 0.3 is 0 Å². The highest BCUT2D eigenvalue weighted by atomic mass is 32.1. The van der Waals surface area contributed by atoms with Gasteiger partial charge in [0.25, 0.3) is 0 Å². The number of aryl methyl sites for hydroxylation is 3. The van der Waals surface area contributed by atoms with Crippen molar-refractivity contribution in [3.63, 3.8) is 0 Å². The maximum atomic E-state index is 5.56. The largest absolute Gasteiger partial charge is 0.374 e. The van der Waals surface area contributed by atoms with Crippen molar-refractivity contribution in [2.75, 3.05) is 5.73 Å². The molecule has 2 N–H and O–H groups in total. The summed E-state index contributed by atoms with van der Waals surface area (Å²) in [6.07, 6.45) is 5.62. The molecule has 0 atom stereocenters. The van der Waals surface area contributed by atoms with Crippen molar-refractivity contribution >= 4 is 16.5 Å². The van der Waals surface area contributed by atoms with Crippen molar-refractivity contribution in [3.05, 3.63) is 40.4 Å². The normalized spacial score (nSPS) is 10.7. The van der Waals surface area contributed by atoms with Gasteiger partial charge < -0.3 is 5.73 Å². The van der Waals surface area contributed by atoms with E-state index < -0.39 is 0 Å². The minimum atomic E-state index is 0.555. The molecule has 0 aliphatic carbocycles. The first-order valence-corrected chi connectivity index (χ1v) is 7.25. The number of unbranched alkanes of at least 4 members (excludes halogenated alkanes) is 1. The van der Waals surface area contributed by atoms with Crippen LogP contribution in [0.5, 0.6) is 0 Å². The van der Waals surface area contributed by atoms with Crippen LogP contribution in [0, 0.1) is 0 Å². The molecule has 96 valence electrons. The van der Waals surface area contributed by atoms with Gasteiger partial charge in [-0.2, -0.15) is 0 Å². The molecule has 0 aliphatic heterocycles. The molecule has 1 aromatic carbocycles. The zero-order valence-electron chi connectivity index (χ0n) is 10.7. The maximum absolute atomic E-state index is 5.56. The average molecular weight is 261 g/mol. The van der Waals surface area contributed by atoms with E-state index in [-0.39, 0.29) is 0 Å². The van der Waals surface area contributed by atoms with Crippen LogP contribution in [-0.2, 0) is 19.3 Å². The van der Waals surface area contributed by atoms with Gasteiger partial charge in [-0.25, -0.2) is 0 Å². The van der Waals surface area contributed by atoms with Gasteiger partial charge in [-0.15, -0.1) is 10.2 Å². The Morgan fingerprint density at radius 3 is 2.22 bits per heavy atom. The molecule has 4 heteroatoms. The summed E-state index contributed by atoms with van der Waals surface area (Å²) in [6.45, 7) is 2.22. The van der Waals surface area contributed by atoms with Crippen molar-refractivity contribution in [1.29, 1.82) is 0 Å². The molecule has 0 radical (unpaired) electrons. The summed E-state index contributed by atoms with van der Waals surface area (Å²) < 4.78 is 0. The molecule has 0 amide bonds. The second kappa shape index (κ2) is 6.50. The zero-order chi connectivity index (χ0) is 12.8. The van der Waals surface area contributed by atoms with Crippen LogP contribution in [0.3, 0.4) is 0 Å². The molecule has 18 heavy (non-hydrogen) atoms. The van der Waals surface area contributed by atoms with E-state index in [2.05, 4.69) is 41.4 Å². The van der Waals surface area contributed by atoms with E-state index in [1.165, 1.54) is 41.7 Å². The van der Waals surface area contributed by atoms with E-state index in [1.54, 1.807) is 0 Å². The minimum Gasteiger partial charge on any atom is -0.374 e. The van der Waals surface area contributed by atoms with Crippen LogP contribution in [0.25, 0.3) is 0 Å². The third-order valence-electron chi connectivity index (χ3n) is 2.95. The van der Waals surface area contributed by atoms with Crippen molar-refractivity contribution < 1.29 is 0 Å². The minimum absolute atomic E-state index is 0.555. The molecule has 0 spiro atoms. The number of hydrogen-bond acceptors (Lipinski definition) is 4. The molecule has 0 fully saturated rings. The Hall–Kier alpha value is -1.42. The summed E-state index contributed by atoms with van der Waals surface area (Å²) >= 11 is 1.48. The van der Waals surface area contributed by atoms with Crippen LogP contribution in [0.15, 0.2) is 24.3 Å². The summed E-state index contributed by atoms with van der Waals surface area (Å²) in [5, 5.41) is 9.43. The predicted octanol–water partition coefficient (Wildman–Crippen LogP) is 3.25. The molecule has 0 aliphatic rings. The second-order valence-electron chi connectivity index (χ2n) is 4.45. The van der Waals surface area contributed by atoms with Gasteiger partial charge in [0.05, 0.1) is 0 Å². The summed E-state index contributed by atoms with van der Waals surface area (Å²) in [6, 6.07) is 8.91. The Morgan fingerprint density at radius 1 is 1.00 bits per heavy atom. The molecule has 0 unspecified atom stereocenters. The average Bonchev–Trinajstić information content (AvgIpc) is 2.81. The molecule has 0 saturated carbocycles. The quantitative estimate of drug-likeness (QED) is 0.868. The number of nitrogens with two attached hydrogens (primary N) is 1. The van der Waals surface area contributed by atoms with Crippen LogP contribution in [0.2, 0.25) is 0 Å². The molecular formula is C14H19N3S. The van der Waals surface area contributed by atoms with Gasteiger partial charge in [0.15, 0.2) is 0 Å². The number of hydrogen-bond donors (Lipinski definition) is 1. The van der Waals surface area contributed by atoms with E-state index in [4.69, 9.17) is 5.73 Å². The van der Waals surface area contributed by atoms with E-state index in [0.29, 0.717) is 5.13 Å². The summed E-state index contributed by atoms with van der Waals surface area (Å²) in [7, 11) is 0. The Labute approximate surface area is 112 Å². The predicted molar refractivity (Wildman–Crippen MR) is 76.8 cm³/mol. The molecule has 1 aromatic heterocycles. The first-order chi connectivity index (χ1) is 8.78. The van der Waals surface area contributed by atoms with Gasteiger partial charge in [0, 0.05) is 6.42 Å². The van der Waals surface area contributed by atoms with Gasteiger partial charge in [0.2, 0.25) is 5.13 Å². The fourth-order valence-electron chi connectivity index (χ4n) is 1.87. The highest BCUT2D eigenvalue weighted by molar-refractivity contribution is 7.15.